The van der Waals surface area contributed by atoms with Gasteiger partial charge in [0.1, 0.15) is 17.6 Å². The molecular weight excluding hydrogens is 338 g/mol. The maximum atomic E-state index is 12.8. The topological polar surface area (TPSA) is 73.2 Å². The van der Waals surface area contributed by atoms with Crippen molar-refractivity contribution in [2.24, 2.45) is 7.05 Å². The monoisotopic (exact) mass is 357 g/mol. The number of nitrogens with one attached hydrogen (secondary N) is 1. The average Bonchev–Trinajstić information content (AvgIpc) is 3.06. The lowest BCUT2D eigenvalue weighted by molar-refractivity contribution is 0.413. The van der Waals surface area contributed by atoms with Crippen LogP contribution in [0.3, 0.4) is 0 Å². The van der Waals surface area contributed by atoms with Crippen LogP contribution < -0.4 is 9.46 Å². The van der Waals surface area contributed by atoms with Gasteiger partial charge < -0.3 is 9.30 Å². The molecule has 0 fully saturated rings. The molecule has 0 saturated heterocycles. The van der Waals surface area contributed by atoms with Crippen molar-refractivity contribution in [3.05, 3.63) is 78.4 Å². The summed E-state index contributed by atoms with van der Waals surface area (Å²) >= 11 is 0. The van der Waals surface area contributed by atoms with E-state index in [9.17, 15) is 8.42 Å². The molecule has 0 aliphatic carbocycles. The van der Waals surface area contributed by atoms with E-state index in [1.165, 1.54) is 0 Å². The molecular formula is C18H19N3O3S. The zero-order valence-electron chi connectivity index (χ0n) is 14.0. The van der Waals surface area contributed by atoms with Crippen LogP contribution in [0.4, 0.5) is 0 Å². The largest absolute Gasteiger partial charge is 0.497 e. The molecule has 0 aliphatic heterocycles. The number of imidazole rings is 1. The minimum absolute atomic E-state index is 0.206. The summed E-state index contributed by atoms with van der Waals surface area (Å²) in [5.41, 5.74) is 0.744. The van der Waals surface area contributed by atoms with Crippen molar-refractivity contribution < 1.29 is 13.2 Å². The lowest BCUT2D eigenvalue weighted by Gasteiger charge is -2.19. The van der Waals surface area contributed by atoms with Crippen LogP contribution in [0.25, 0.3) is 0 Å². The first-order valence-corrected chi connectivity index (χ1v) is 9.18. The van der Waals surface area contributed by atoms with Gasteiger partial charge in [0.05, 0.1) is 12.0 Å². The second kappa shape index (κ2) is 7.08. The third kappa shape index (κ3) is 3.72. The summed E-state index contributed by atoms with van der Waals surface area (Å²) in [6, 6.07) is 14.9. The third-order valence-corrected chi connectivity index (χ3v) is 5.31. The predicted octanol–water partition coefficient (Wildman–Crippen LogP) is 2.50. The highest BCUT2D eigenvalue weighted by molar-refractivity contribution is 7.89. The van der Waals surface area contributed by atoms with Crippen LogP contribution in [0, 0.1) is 0 Å². The second-order valence-corrected chi connectivity index (χ2v) is 7.25. The Hall–Kier alpha value is -2.64. The molecule has 0 bridgehead atoms. The molecule has 1 aromatic heterocycles. The van der Waals surface area contributed by atoms with Crippen molar-refractivity contribution in [3.63, 3.8) is 0 Å². The molecule has 2 aromatic carbocycles. The standard InChI is InChI=1S/C18H19N3O3S/c1-21-12-11-19-18(21)17(14-7-6-8-15(13-14)24-2)20-25(22,23)16-9-4-3-5-10-16/h3-13,17,20H,1-2H3/t17-/m1/s1. The number of aryl methyl sites for hydroxylation is 1. The SMILES string of the molecule is COc1cccc([C@@H](NS(=O)(=O)c2ccccc2)c2nccn2C)c1. The fraction of sp³-hybridized carbons (Fsp3) is 0.167. The molecule has 0 radical (unpaired) electrons. The van der Waals surface area contributed by atoms with Crippen LogP contribution in [0.15, 0.2) is 71.9 Å². The van der Waals surface area contributed by atoms with Gasteiger partial charge >= 0.3 is 0 Å². The summed E-state index contributed by atoms with van der Waals surface area (Å²) in [6.45, 7) is 0. The zero-order chi connectivity index (χ0) is 17.9. The van der Waals surface area contributed by atoms with Crippen molar-refractivity contribution in [1.82, 2.24) is 14.3 Å². The summed E-state index contributed by atoms with van der Waals surface area (Å²) < 4.78 is 35.4. The quantitative estimate of drug-likeness (QED) is 0.736. The maximum Gasteiger partial charge on any atom is 0.241 e. The van der Waals surface area contributed by atoms with Crippen molar-refractivity contribution in [3.8, 4) is 5.75 Å². The number of hydrogen-bond acceptors (Lipinski definition) is 4. The Kier molecular flexibility index (Phi) is 4.87. The summed E-state index contributed by atoms with van der Waals surface area (Å²) in [5.74, 6) is 1.24. The summed E-state index contributed by atoms with van der Waals surface area (Å²) in [7, 11) is -0.316. The Balaban J connectivity index is 2.05. The van der Waals surface area contributed by atoms with E-state index in [-0.39, 0.29) is 4.90 Å². The van der Waals surface area contributed by atoms with Crippen LogP contribution in [-0.4, -0.2) is 25.1 Å². The molecule has 1 N–H and O–H groups in total. The van der Waals surface area contributed by atoms with Crippen LogP contribution in [0.5, 0.6) is 5.75 Å². The molecule has 0 spiro atoms. The van der Waals surface area contributed by atoms with Crippen molar-refractivity contribution in [1.29, 1.82) is 0 Å². The number of hydrogen-bond donors (Lipinski definition) is 1. The fourth-order valence-corrected chi connectivity index (χ4v) is 3.77. The number of methoxy groups -OCH3 is 1. The first-order valence-electron chi connectivity index (χ1n) is 7.70. The van der Waals surface area contributed by atoms with E-state index in [2.05, 4.69) is 9.71 Å². The fourth-order valence-electron chi connectivity index (χ4n) is 2.57. The van der Waals surface area contributed by atoms with E-state index in [1.807, 2.05) is 25.2 Å². The molecule has 3 rings (SSSR count). The van der Waals surface area contributed by atoms with Crippen LogP contribution in [0.2, 0.25) is 0 Å². The first-order chi connectivity index (χ1) is 12.0. The average molecular weight is 357 g/mol. The van der Waals surface area contributed by atoms with E-state index in [4.69, 9.17) is 4.74 Å². The Morgan fingerprint density at radius 1 is 1.12 bits per heavy atom. The third-order valence-electron chi connectivity index (χ3n) is 3.87. The van der Waals surface area contributed by atoms with E-state index in [1.54, 1.807) is 60.5 Å². The number of ether oxygens (including phenoxy) is 1. The summed E-state index contributed by atoms with van der Waals surface area (Å²) in [4.78, 5) is 4.53. The van der Waals surface area contributed by atoms with E-state index >= 15 is 0 Å². The van der Waals surface area contributed by atoms with Crippen molar-refractivity contribution >= 4 is 10.0 Å². The molecule has 130 valence electrons. The van der Waals surface area contributed by atoms with Crippen LogP contribution >= 0.6 is 0 Å². The van der Waals surface area contributed by atoms with E-state index in [0.29, 0.717) is 11.6 Å². The number of benzene rings is 2. The molecule has 0 unspecified atom stereocenters. The van der Waals surface area contributed by atoms with Gasteiger partial charge in [0, 0.05) is 19.4 Å². The molecule has 25 heavy (non-hydrogen) atoms. The molecule has 0 saturated carbocycles. The van der Waals surface area contributed by atoms with Gasteiger partial charge in [0.25, 0.3) is 0 Å². The van der Waals surface area contributed by atoms with Crippen molar-refractivity contribution in [2.45, 2.75) is 10.9 Å². The van der Waals surface area contributed by atoms with Crippen LogP contribution in [-0.2, 0) is 17.1 Å². The number of nitrogens with zero attached hydrogens (tertiary/aromatic N) is 2. The molecule has 6 nitrogen and oxygen atoms in total. The van der Waals surface area contributed by atoms with Gasteiger partial charge in [-0.3, -0.25) is 0 Å². The maximum absolute atomic E-state index is 12.8. The normalized spacial score (nSPS) is 12.7. The highest BCUT2D eigenvalue weighted by Gasteiger charge is 2.25. The van der Waals surface area contributed by atoms with E-state index in [0.717, 1.165) is 5.56 Å². The Labute approximate surface area is 147 Å². The summed E-state index contributed by atoms with van der Waals surface area (Å²) in [6.07, 6.45) is 3.42. The number of sulfonamides is 1. The second-order valence-electron chi connectivity index (χ2n) is 5.54. The summed E-state index contributed by atoms with van der Waals surface area (Å²) in [5, 5.41) is 0. The molecule has 0 aliphatic rings. The van der Waals surface area contributed by atoms with E-state index < -0.39 is 16.1 Å². The van der Waals surface area contributed by atoms with Gasteiger partial charge in [-0.1, -0.05) is 30.3 Å². The highest BCUT2D eigenvalue weighted by Crippen LogP contribution is 2.26. The number of rotatable bonds is 6. The predicted molar refractivity (Wildman–Crippen MR) is 94.8 cm³/mol. The Bertz CT molecular complexity index is 952. The lowest BCUT2D eigenvalue weighted by atomic mass is 10.1. The van der Waals surface area contributed by atoms with Gasteiger partial charge in [-0.15, -0.1) is 0 Å². The Morgan fingerprint density at radius 2 is 1.88 bits per heavy atom. The number of aromatic nitrogens is 2. The van der Waals surface area contributed by atoms with Gasteiger partial charge in [0.2, 0.25) is 10.0 Å². The molecule has 0 amide bonds. The van der Waals surface area contributed by atoms with Crippen molar-refractivity contribution in [2.75, 3.05) is 7.11 Å². The lowest BCUT2D eigenvalue weighted by Crippen LogP contribution is -2.31. The van der Waals surface area contributed by atoms with Gasteiger partial charge in [0.15, 0.2) is 0 Å². The molecule has 1 atom stereocenters. The molecule has 7 heteroatoms. The van der Waals surface area contributed by atoms with Crippen LogP contribution in [0.1, 0.15) is 17.4 Å². The van der Waals surface area contributed by atoms with Gasteiger partial charge in [-0.05, 0) is 29.8 Å². The Morgan fingerprint density at radius 3 is 2.52 bits per heavy atom. The molecule has 1 heterocycles. The smallest absolute Gasteiger partial charge is 0.241 e. The minimum Gasteiger partial charge on any atom is -0.497 e. The minimum atomic E-state index is -3.71. The van der Waals surface area contributed by atoms with Gasteiger partial charge in [-0.25, -0.2) is 13.4 Å². The first kappa shape index (κ1) is 17.2. The zero-order valence-corrected chi connectivity index (χ0v) is 14.8. The van der Waals surface area contributed by atoms with Gasteiger partial charge in [-0.2, -0.15) is 4.72 Å². The molecule has 3 aromatic rings. The highest BCUT2D eigenvalue weighted by atomic mass is 32.2.